The fraction of sp³-hybridized carbons (Fsp3) is 0.318. The van der Waals surface area contributed by atoms with Crippen molar-refractivity contribution in [1.29, 1.82) is 0 Å². The van der Waals surface area contributed by atoms with Crippen molar-refractivity contribution in [3.8, 4) is 0 Å². The number of anilines is 1. The van der Waals surface area contributed by atoms with Crippen LogP contribution in [-0.4, -0.2) is 17.5 Å². The summed E-state index contributed by atoms with van der Waals surface area (Å²) in [7, 11) is 0. The zero-order valence-corrected chi connectivity index (χ0v) is 15.9. The third-order valence-electron chi connectivity index (χ3n) is 4.98. The highest BCUT2D eigenvalue weighted by Crippen LogP contribution is 2.25. The summed E-state index contributed by atoms with van der Waals surface area (Å²) in [6.45, 7) is 1.78. The molecule has 0 aliphatic heterocycles. The monoisotopic (exact) mass is 381 g/mol. The van der Waals surface area contributed by atoms with Gasteiger partial charge < -0.3 is 5.32 Å². The fourth-order valence-electron chi connectivity index (χ4n) is 3.27. The van der Waals surface area contributed by atoms with Gasteiger partial charge in [-0.25, -0.2) is 9.82 Å². The van der Waals surface area contributed by atoms with Gasteiger partial charge >= 0.3 is 0 Å². The summed E-state index contributed by atoms with van der Waals surface area (Å²) in [6.07, 6.45) is 5.38. The summed E-state index contributed by atoms with van der Waals surface area (Å²) < 4.78 is 12.9. The van der Waals surface area contributed by atoms with Gasteiger partial charge in [0.05, 0.1) is 5.71 Å². The summed E-state index contributed by atoms with van der Waals surface area (Å²) in [5.41, 5.74) is 5.00. The van der Waals surface area contributed by atoms with E-state index in [1.807, 2.05) is 24.3 Å². The van der Waals surface area contributed by atoms with Crippen molar-refractivity contribution >= 4 is 23.2 Å². The first-order valence-corrected chi connectivity index (χ1v) is 9.54. The van der Waals surface area contributed by atoms with Crippen LogP contribution in [0.2, 0.25) is 0 Å². The Labute approximate surface area is 164 Å². The summed E-state index contributed by atoms with van der Waals surface area (Å²) in [4.78, 5) is 24.3. The van der Waals surface area contributed by atoms with E-state index >= 15 is 0 Å². The van der Waals surface area contributed by atoms with Gasteiger partial charge in [-0.2, -0.15) is 5.10 Å². The van der Waals surface area contributed by atoms with Crippen molar-refractivity contribution in [2.45, 2.75) is 39.0 Å². The molecule has 0 unspecified atom stereocenters. The van der Waals surface area contributed by atoms with Gasteiger partial charge in [0.25, 0.3) is 5.91 Å². The molecule has 1 aliphatic rings. The van der Waals surface area contributed by atoms with Crippen LogP contribution >= 0.6 is 0 Å². The van der Waals surface area contributed by atoms with Gasteiger partial charge in [-0.05, 0) is 61.7 Å². The SMILES string of the molecule is C/C(=N/NC(=O)c1ccc(F)cc1)c1ccc(NC(=O)C2CCCCC2)cc1. The van der Waals surface area contributed by atoms with Crippen LogP contribution in [0.25, 0.3) is 0 Å². The van der Waals surface area contributed by atoms with E-state index in [9.17, 15) is 14.0 Å². The molecule has 0 heterocycles. The number of halogens is 1. The number of benzene rings is 2. The first kappa shape index (κ1) is 19.7. The van der Waals surface area contributed by atoms with Crippen molar-refractivity contribution < 1.29 is 14.0 Å². The minimum Gasteiger partial charge on any atom is -0.326 e. The summed E-state index contributed by atoms with van der Waals surface area (Å²) in [5, 5.41) is 7.07. The smallest absolute Gasteiger partial charge is 0.271 e. The Morgan fingerprint density at radius 1 is 0.929 bits per heavy atom. The third kappa shape index (κ3) is 5.25. The highest BCUT2D eigenvalue weighted by Gasteiger charge is 2.20. The quantitative estimate of drug-likeness (QED) is 0.591. The van der Waals surface area contributed by atoms with Crippen LogP contribution in [0.4, 0.5) is 10.1 Å². The van der Waals surface area contributed by atoms with Gasteiger partial charge in [-0.3, -0.25) is 9.59 Å². The van der Waals surface area contributed by atoms with E-state index in [0.29, 0.717) is 11.3 Å². The molecule has 5 nitrogen and oxygen atoms in total. The molecule has 0 saturated heterocycles. The van der Waals surface area contributed by atoms with Crippen molar-refractivity contribution in [3.63, 3.8) is 0 Å². The second kappa shape index (κ2) is 9.26. The lowest BCUT2D eigenvalue weighted by Crippen LogP contribution is -2.24. The Kier molecular flexibility index (Phi) is 6.53. The largest absolute Gasteiger partial charge is 0.326 e. The number of hydrazone groups is 1. The second-order valence-corrected chi connectivity index (χ2v) is 7.05. The van der Waals surface area contributed by atoms with Crippen molar-refractivity contribution in [2.24, 2.45) is 11.0 Å². The molecule has 2 aromatic rings. The minimum absolute atomic E-state index is 0.0874. The fourth-order valence-corrected chi connectivity index (χ4v) is 3.27. The number of nitrogens with zero attached hydrogens (tertiary/aromatic N) is 1. The first-order valence-electron chi connectivity index (χ1n) is 9.54. The molecule has 0 atom stereocenters. The Balaban J connectivity index is 1.57. The highest BCUT2D eigenvalue weighted by atomic mass is 19.1. The van der Waals surface area contributed by atoms with Gasteiger partial charge in [0.15, 0.2) is 0 Å². The van der Waals surface area contributed by atoms with E-state index in [4.69, 9.17) is 0 Å². The molecule has 0 radical (unpaired) electrons. The maximum atomic E-state index is 12.9. The molecule has 146 valence electrons. The molecule has 2 aromatic carbocycles. The predicted octanol–water partition coefficient (Wildman–Crippen LogP) is 4.50. The van der Waals surface area contributed by atoms with Gasteiger partial charge in [0, 0.05) is 17.2 Å². The normalized spacial score (nSPS) is 15.1. The number of hydrogen-bond donors (Lipinski definition) is 2. The molecule has 0 aromatic heterocycles. The van der Waals surface area contributed by atoms with Gasteiger partial charge in [-0.15, -0.1) is 0 Å². The summed E-state index contributed by atoms with van der Waals surface area (Å²) >= 11 is 0. The van der Waals surface area contributed by atoms with Gasteiger partial charge in [0.1, 0.15) is 5.82 Å². The van der Waals surface area contributed by atoms with Crippen molar-refractivity contribution in [3.05, 3.63) is 65.5 Å². The molecule has 0 spiro atoms. The van der Waals surface area contributed by atoms with Crippen LogP contribution in [0.5, 0.6) is 0 Å². The van der Waals surface area contributed by atoms with Crippen LogP contribution in [0.1, 0.15) is 54.9 Å². The molecule has 3 rings (SSSR count). The summed E-state index contributed by atoms with van der Waals surface area (Å²) in [5.74, 6) is -0.606. The first-order chi connectivity index (χ1) is 13.5. The molecule has 6 heteroatoms. The number of carbonyl (C=O) groups is 2. The van der Waals surface area contributed by atoms with Gasteiger partial charge in [-0.1, -0.05) is 31.4 Å². The number of rotatable bonds is 5. The standard InChI is InChI=1S/C22H24FN3O2/c1-15(25-26-22(28)18-7-11-19(23)12-8-18)16-9-13-20(14-10-16)24-21(27)17-5-3-2-4-6-17/h7-14,17H,2-6H2,1H3,(H,24,27)(H,26,28)/b25-15-. The number of nitrogens with one attached hydrogen (secondary N) is 2. The van der Waals surface area contributed by atoms with E-state index < -0.39 is 11.7 Å². The average Bonchev–Trinajstić information content (AvgIpc) is 2.73. The van der Waals surface area contributed by atoms with E-state index in [1.54, 1.807) is 6.92 Å². The van der Waals surface area contributed by atoms with Crippen LogP contribution in [0.15, 0.2) is 53.6 Å². The van der Waals surface area contributed by atoms with Crippen LogP contribution in [0.3, 0.4) is 0 Å². The second-order valence-electron chi connectivity index (χ2n) is 7.05. The number of carbonyl (C=O) groups excluding carboxylic acids is 2. The van der Waals surface area contributed by atoms with Gasteiger partial charge in [0.2, 0.25) is 5.91 Å². The lowest BCUT2D eigenvalue weighted by molar-refractivity contribution is -0.120. The lowest BCUT2D eigenvalue weighted by atomic mass is 9.88. The summed E-state index contributed by atoms with van der Waals surface area (Å²) in [6, 6.07) is 12.6. The zero-order valence-electron chi connectivity index (χ0n) is 15.9. The molecule has 28 heavy (non-hydrogen) atoms. The molecule has 1 fully saturated rings. The molecular weight excluding hydrogens is 357 g/mol. The maximum Gasteiger partial charge on any atom is 0.271 e. The topological polar surface area (TPSA) is 70.6 Å². The molecule has 0 bridgehead atoms. The minimum atomic E-state index is -0.407. The lowest BCUT2D eigenvalue weighted by Gasteiger charge is -2.20. The maximum absolute atomic E-state index is 12.9. The molecule has 2 N–H and O–H groups in total. The van der Waals surface area contributed by atoms with E-state index in [1.165, 1.54) is 30.7 Å². The average molecular weight is 381 g/mol. The van der Waals surface area contributed by atoms with Crippen molar-refractivity contribution in [1.82, 2.24) is 5.43 Å². The highest BCUT2D eigenvalue weighted by molar-refractivity contribution is 6.01. The number of amides is 2. The number of hydrogen-bond acceptors (Lipinski definition) is 3. The zero-order chi connectivity index (χ0) is 19.9. The molecular formula is C22H24FN3O2. The van der Waals surface area contributed by atoms with Crippen LogP contribution < -0.4 is 10.7 Å². The predicted molar refractivity (Wildman–Crippen MR) is 108 cm³/mol. The Hall–Kier alpha value is -3.02. The van der Waals surface area contributed by atoms with Crippen LogP contribution in [-0.2, 0) is 4.79 Å². The van der Waals surface area contributed by atoms with E-state index in [0.717, 1.165) is 36.9 Å². The van der Waals surface area contributed by atoms with Crippen molar-refractivity contribution in [2.75, 3.05) is 5.32 Å². The Morgan fingerprint density at radius 3 is 2.18 bits per heavy atom. The molecule has 2 amide bonds. The molecule has 1 aliphatic carbocycles. The van der Waals surface area contributed by atoms with Crippen LogP contribution in [0, 0.1) is 11.7 Å². The third-order valence-corrected chi connectivity index (χ3v) is 4.98. The van der Waals surface area contributed by atoms with E-state index in [2.05, 4.69) is 15.8 Å². The Bertz CT molecular complexity index is 854. The van der Waals surface area contributed by atoms with E-state index in [-0.39, 0.29) is 11.8 Å². The molecule has 1 saturated carbocycles. The Morgan fingerprint density at radius 2 is 1.54 bits per heavy atom.